The Bertz CT molecular complexity index is 635. The van der Waals surface area contributed by atoms with Crippen LogP contribution in [0.5, 0.6) is 0 Å². The van der Waals surface area contributed by atoms with Crippen LogP contribution in [0.4, 0.5) is 0 Å². The van der Waals surface area contributed by atoms with Crippen molar-refractivity contribution < 1.29 is 0 Å². The Morgan fingerprint density at radius 2 is 1.79 bits per heavy atom. The van der Waals surface area contributed by atoms with Gasteiger partial charge in [-0.15, -0.1) is 0 Å². The number of hydrogen-bond donors (Lipinski definition) is 1. The maximum atomic E-state index is 12.1. The second kappa shape index (κ2) is 5.47. The number of nitrogens with one attached hydrogen (secondary N) is 1. The van der Waals surface area contributed by atoms with E-state index < -0.39 is 0 Å². The van der Waals surface area contributed by atoms with Gasteiger partial charge in [-0.3, -0.25) is 13.9 Å². The topological polar surface area (TPSA) is 56.0 Å². The van der Waals surface area contributed by atoms with Gasteiger partial charge in [0.25, 0.3) is 5.56 Å². The van der Waals surface area contributed by atoms with Crippen LogP contribution in [-0.4, -0.2) is 15.2 Å². The van der Waals surface area contributed by atoms with E-state index in [4.69, 9.17) is 0 Å². The van der Waals surface area contributed by atoms with Crippen LogP contribution in [0.15, 0.2) is 9.59 Å². The van der Waals surface area contributed by atoms with Crippen molar-refractivity contribution in [2.45, 2.75) is 38.1 Å². The van der Waals surface area contributed by atoms with Crippen molar-refractivity contribution in [3.05, 3.63) is 31.4 Å². The molecule has 1 heterocycles. The van der Waals surface area contributed by atoms with E-state index >= 15 is 0 Å². The number of rotatable bonds is 2. The lowest BCUT2D eigenvalue weighted by atomic mass is 9.96. The third-order valence-electron chi connectivity index (χ3n) is 3.89. The second-order valence-corrected chi connectivity index (χ2v) is 5.21. The van der Waals surface area contributed by atoms with Crippen LogP contribution in [0.3, 0.4) is 0 Å². The minimum atomic E-state index is -0.343. The molecule has 0 aromatic carbocycles. The predicted octanol–water partition coefficient (Wildman–Crippen LogP) is -0.845. The highest BCUT2D eigenvalue weighted by Gasteiger charge is 2.11. The summed E-state index contributed by atoms with van der Waals surface area (Å²) in [6.45, 7) is 3.82. The summed E-state index contributed by atoms with van der Waals surface area (Å²) in [5.74, 6) is 0. The van der Waals surface area contributed by atoms with Crippen molar-refractivity contribution in [1.82, 2.24) is 14.5 Å². The van der Waals surface area contributed by atoms with Gasteiger partial charge in [0.1, 0.15) is 0 Å². The molecule has 0 aliphatic heterocycles. The fraction of sp³-hybridized carbons (Fsp3) is 0.571. The number of hydrogen-bond acceptors (Lipinski definition) is 3. The third-order valence-corrected chi connectivity index (χ3v) is 3.89. The van der Waals surface area contributed by atoms with Crippen molar-refractivity contribution in [1.29, 1.82) is 0 Å². The average molecular weight is 263 g/mol. The quantitative estimate of drug-likeness (QED) is 0.756. The summed E-state index contributed by atoms with van der Waals surface area (Å²) >= 11 is 0. The first kappa shape index (κ1) is 13.6. The zero-order chi connectivity index (χ0) is 14.0. The normalized spacial score (nSPS) is 17.7. The minimum Gasteiger partial charge on any atom is -0.387 e. The molecule has 1 fully saturated rings. The number of aromatic nitrogens is 2. The molecule has 2 rings (SSSR count). The second-order valence-electron chi connectivity index (χ2n) is 5.21. The largest absolute Gasteiger partial charge is 0.387 e. The van der Waals surface area contributed by atoms with Crippen LogP contribution >= 0.6 is 0 Å². The fourth-order valence-corrected chi connectivity index (χ4v) is 2.53. The van der Waals surface area contributed by atoms with Gasteiger partial charge < -0.3 is 5.32 Å². The van der Waals surface area contributed by atoms with E-state index in [0.717, 1.165) is 17.4 Å². The lowest BCUT2D eigenvalue weighted by Crippen LogP contribution is -2.57. The third kappa shape index (κ3) is 2.64. The van der Waals surface area contributed by atoms with Gasteiger partial charge in [0.2, 0.25) is 0 Å². The van der Waals surface area contributed by atoms with Crippen molar-refractivity contribution in [3.63, 3.8) is 0 Å². The van der Waals surface area contributed by atoms with Crippen LogP contribution in [0.25, 0.3) is 12.8 Å². The Morgan fingerprint density at radius 3 is 2.42 bits per heavy atom. The van der Waals surface area contributed by atoms with Gasteiger partial charge in [-0.05, 0) is 12.8 Å². The van der Waals surface area contributed by atoms with Crippen LogP contribution < -0.4 is 27.1 Å². The molecule has 0 spiro atoms. The standard InChI is InChI=1S/C14H21N3O2/c1-10-12(9-15-11-7-5-4-6-8-11)13(18)17(3)14(19)16(10)2/h9,11,15H,1,4-8H2,2-3H3/b12-9-. The highest BCUT2D eigenvalue weighted by Crippen LogP contribution is 2.16. The summed E-state index contributed by atoms with van der Waals surface area (Å²) in [5.41, 5.74) is -0.638. The summed E-state index contributed by atoms with van der Waals surface area (Å²) in [4.78, 5) is 23.8. The average Bonchev–Trinajstić information content (AvgIpc) is 2.44. The SMILES string of the molecule is C=c1/c(=C/NC2CCCCC2)c(=O)n(C)c(=O)n1C. The summed E-state index contributed by atoms with van der Waals surface area (Å²) in [6.07, 6.45) is 7.74. The maximum Gasteiger partial charge on any atom is 0.330 e. The molecule has 1 aliphatic carbocycles. The molecule has 0 atom stereocenters. The molecule has 0 unspecified atom stereocenters. The zero-order valence-corrected chi connectivity index (χ0v) is 11.6. The van der Waals surface area contributed by atoms with E-state index in [9.17, 15) is 9.59 Å². The minimum absolute atomic E-state index is 0.295. The summed E-state index contributed by atoms with van der Waals surface area (Å²) < 4.78 is 2.51. The Balaban J connectivity index is 2.42. The summed E-state index contributed by atoms with van der Waals surface area (Å²) in [6, 6.07) is 0.426. The van der Waals surface area contributed by atoms with Gasteiger partial charge in [-0.2, -0.15) is 0 Å². The van der Waals surface area contributed by atoms with Crippen molar-refractivity contribution in [3.8, 4) is 0 Å². The molecule has 104 valence electrons. The van der Waals surface area contributed by atoms with Crippen molar-refractivity contribution in [2.24, 2.45) is 14.1 Å². The van der Waals surface area contributed by atoms with Crippen LogP contribution in [0, 0.1) is 0 Å². The van der Waals surface area contributed by atoms with Crippen LogP contribution in [0.2, 0.25) is 0 Å². The van der Waals surface area contributed by atoms with Gasteiger partial charge in [0.15, 0.2) is 0 Å². The molecule has 0 amide bonds. The van der Waals surface area contributed by atoms with Crippen LogP contribution in [-0.2, 0) is 14.1 Å². The molecule has 1 aliphatic rings. The van der Waals surface area contributed by atoms with Crippen molar-refractivity contribution >= 4 is 12.8 Å². The number of nitrogens with zero attached hydrogens (tertiary/aromatic N) is 2. The van der Waals surface area contributed by atoms with E-state index in [0.29, 0.717) is 16.6 Å². The lowest BCUT2D eigenvalue weighted by Gasteiger charge is -2.21. The Morgan fingerprint density at radius 1 is 1.16 bits per heavy atom. The first-order chi connectivity index (χ1) is 9.02. The molecule has 1 aromatic heterocycles. The first-order valence-electron chi connectivity index (χ1n) is 6.73. The van der Waals surface area contributed by atoms with E-state index in [2.05, 4.69) is 11.9 Å². The molecular formula is C14H21N3O2. The molecule has 0 radical (unpaired) electrons. The van der Waals surface area contributed by atoms with E-state index in [-0.39, 0.29) is 11.2 Å². The maximum absolute atomic E-state index is 12.1. The highest BCUT2D eigenvalue weighted by molar-refractivity contribution is 5.21. The Labute approximate surface area is 111 Å². The van der Waals surface area contributed by atoms with Crippen molar-refractivity contribution in [2.75, 3.05) is 0 Å². The molecule has 1 saturated carbocycles. The van der Waals surface area contributed by atoms with Gasteiger partial charge in [0, 0.05) is 26.3 Å². The van der Waals surface area contributed by atoms with E-state index in [1.165, 1.54) is 30.9 Å². The predicted molar refractivity (Wildman–Crippen MR) is 76.2 cm³/mol. The van der Waals surface area contributed by atoms with Gasteiger partial charge in [-0.25, -0.2) is 4.79 Å². The summed E-state index contributed by atoms with van der Waals surface area (Å²) in [7, 11) is 3.12. The Hall–Kier alpha value is -1.78. The lowest BCUT2D eigenvalue weighted by molar-refractivity contribution is 0.411. The molecule has 5 nitrogen and oxygen atoms in total. The van der Waals surface area contributed by atoms with Crippen LogP contribution in [0.1, 0.15) is 32.1 Å². The molecule has 1 N–H and O–H groups in total. The summed E-state index contributed by atoms with van der Waals surface area (Å²) in [5, 5.41) is 4.22. The molecule has 1 aromatic rings. The monoisotopic (exact) mass is 263 g/mol. The fourth-order valence-electron chi connectivity index (χ4n) is 2.53. The van der Waals surface area contributed by atoms with Gasteiger partial charge in [0.05, 0.1) is 10.6 Å². The first-order valence-corrected chi connectivity index (χ1v) is 6.73. The molecule has 5 heteroatoms. The highest BCUT2D eigenvalue weighted by atomic mass is 16.2. The smallest absolute Gasteiger partial charge is 0.330 e. The molecular weight excluding hydrogens is 242 g/mol. The Kier molecular flexibility index (Phi) is 3.93. The van der Waals surface area contributed by atoms with E-state index in [1.807, 2.05) is 0 Å². The van der Waals surface area contributed by atoms with Gasteiger partial charge >= 0.3 is 5.69 Å². The zero-order valence-electron chi connectivity index (χ0n) is 11.6. The molecule has 19 heavy (non-hydrogen) atoms. The molecule has 0 bridgehead atoms. The van der Waals surface area contributed by atoms with Gasteiger partial charge in [-0.1, -0.05) is 25.8 Å². The molecule has 0 saturated heterocycles. The van der Waals surface area contributed by atoms with E-state index in [1.54, 1.807) is 13.2 Å².